The van der Waals surface area contributed by atoms with E-state index >= 15 is 0 Å². The lowest BCUT2D eigenvalue weighted by molar-refractivity contribution is -0.118. The topological polar surface area (TPSA) is 49.6 Å². The molecule has 0 unspecified atom stereocenters. The van der Waals surface area contributed by atoms with Crippen molar-refractivity contribution in [3.63, 3.8) is 0 Å². The summed E-state index contributed by atoms with van der Waals surface area (Å²) in [6, 6.07) is 7.20. The number of nitrogens with zero attached hydrogens (tertiary/aromatic N) is 2. The molecular weight excluding hydrogens is 293 g/mol. The predicted octanol–water partition coefficient (Wildman–Crippen LogP) is 2.23. The Morgan fingerprint density at radius 1 is 1.30 bits per heavy atom. The van der Waals surface area contributed by atoms with Crippen molar-refractivity contribution in [1.29, 1.82) is 0 Å². The summed E-state index contributed by atoms with van der Waals surface area (Å²) in [5, 5.41) is 0. The summed E-state index contributed by atoms with van der Waals surface area (Å²) >= 11 is 0. The van der Waals surface area contributed by atoms with Crippen molar-refractivity contribution >= 4 is 5.91 Å². The molecule has 0 saturated carbocycles. The van der Waals surface area contributed by atoms with Crippen LogP contribution in [0.4, 0.5) is 4.39 Å². The first-order valence-corrected chi connectivity index (χ1v) is 8.45. The molecule has 2 rings (SSSR count). The molecule has 4 nitrogen and oxygen atoms in total. The van der Waals surface area contributed by atoms with Gasteiger partial charge in [0, 0.05) is 38.6 Å². The highest BCUT2D eigenvalue weighted by Crippen LogP contribution is 2.20. The lowest BCUT2D eigenvalue weighted by atomic mass is 10.0. The second kappa shape index (κ2) is 8.41. The number of primary amides is 1. The van der Waals surface area contributed by atoms with Gasteiger partial charge in [0.1, 0.15) is 5.82 Å². The summed E-state index contributed by atoms with van der Waals surface area (Å²) < 4.78 is 13.1. The van der Waals surface area contributed by atoms with Crippen LogP contribution in [-0.4, -0.2) is 47.9 Å². The third kappa shape index (κ3) is 5.59. The average Bonchev–Trinajstić information content (AvgIpc) is 2.70. The third-order valence-corrected chi connectivity index (χ3v) is 4.58. The van der Waals surface area contributed by atoms with Crippen LogP contribution in [0.15, 0.2) is 24.3 Å². The Morgan fingerprint density at radius 2 is 2.00 bits per heavy atom. The molecule has 1 aromatic rings. The van der Waals surface area contributed by atoms with Crippen LogP contribution in [0.2, 0.25) is 0 Å². The summed E-state index contributed by atoms with van der Waals surface area (Å²) in [6.45, 7) is 9.02. The van der Waals surface area contributed by atoms with E-state index in [1.165, 1.54) is 12.1 Å². The van der Waals surface area contributed by atoms with E-state index in [1.807, 2.05) is 12.1 Å². The molecule has 1 atom stereocenters. The number of hydrogen-bond donors (Lipinski definition) is 1. The number of hydrogen-bond acceptors (Lipinski definition) is 3. The first-order valence-electron chi connectivity index (χ1n) is 8.45. The Morgan fingerprint density at radius 3 is 2.61 bits per heavy atom. The highest BCUT2D eigenvalue weighted by Gasteiger charge is 2.27. The molecule has 23 heavy (non-hydrogen) atoms. The first-order chi connectivity index (χ1) is 11.0. The van der Waals surface area contributed by atoms with E-state index in [0.29, 0.717) is 18.4 Å². The molecule has 1 aromatic carbocycles. The van der Waals surface area contributed by atoms with E-state index in [2.05, 4.69) is 23.6 Å². The Labute approximate surface area is 138 Å². The minimum atomic E-state index is -0.237. The van der Waals surface area contributed by atoms with Gasteiger partial charge in [0.2, 0.25) is 5.91 Å². The van der Waals surface area contributed by atoms with Crippen molar-refractivity contribution in [3.8, 4) is 0 Å². The maximum Gasteiger partial charge on any atom is 0.218 e. The SMILES string of the molecule is CC(C)[C@H]1CN(CCC(N)=O)CCCN1Cc1ccc(F)cc1. The van der Waals surface area contributed by atoms with E-state index in [0.717, 1.165) is 44.7 Å². The zero-order chi connectivity index (χ0) is 16.8. The fourth-order valence-electron chi connectivity index (χ4n) is 3.26. The van der Waals surface area contributed by atoms with Gasteiger partial charge in [-0.25, -0.2) is 4.39 Å². The Hall–Kier alpha value is -1.46. The van der Waals surface area contributed by atoms with E-state index < -0.39 is 0 Å². The van der Waals surface area contributed by atoms with Gasteiger partial charge in [0.15, 0.2) is 0 Å². The molecular formula is C18H28FN3O. The van der Waals surface area contributed by atoms with E-state index in [4.69, 9.17) is 5.73 Å². The zero-order valence-corrected chi connectivity index (χ0v) is 14.2. The fourth-order valence-corrected chi connectivity index (χ4v) is 3.26. The number of amides is 1. The normalized spacial score (nSPS) is 20.6. The molecule has 1 aliphatic rings. The van der Waals surface area contributed by atoms with Crippen molar-refractivity contribution < 1.29 is 9.18 Å². The second-order valence-electron chi connectivity index (χ2n) is 6.78. The van der Waals surface area contributed by atoms with Gasteiger partial charge in [-0.05, 0) is 36.6 Å². The van der Waals surface area contributed by atoms with E-state index in [-0.39, 0.29) is 11.7 Å². The van der Waals surface area contributed by atoms with Gasteiger partial charge in [-0.2, -0.15) is 0 Å². The molecule has 0 spiro atoms. The highest BCUT2D eigenvalue weighted by molar-refractivity contribution is 5.73. The number of carbonyl (C=O) groups is 1. The molecule has 1 aliphatic heterocycles. The number of nitrogens with two attached hydrogens (primary N) is 1. The molecule has 2 N–H and O–H groups in total. The predicted molar refractivity (Wildman–Crippen MR) is 90.3 cm³/mol. The van der Waals surface area contributed by atoms with Gasteiger partial charge < -0.3 is 10.6 Å². The molecule has 1 amide bonds. The maximum absolute atomic E-state index is 13.1. The van der Waals surface area contributed by atoms with Gasteiger partial charge in [-0.1, -0.05) is 26.0 Å². The van der Waals surface area contributed by atoms with E-state index in [1.54, 1.807) is 0 Å². The van der Waals surface area contributed by atoms with Crippen LogP contribution in [-0.2, 0) is 11.3 Å². The summed E-state index contributed by atoms with van der Waals surface area (Å²) in [7, 11) is 0. The summed E-state index contributed by atoms with van der Waals surface area (Å²) in [6.07, 6.45) is 1.49. The molecule has 0 bridgehead atoms. The Balaban J connectivity index is 2.03. The van der Waals surface area contributed by atoms with Crippen LogP contribution >= 0.6 is 0 Å². The molecule has 0 radical (unpaired) electrons. The standard InChI is InChI=1S/C18H28FN3O/c1-14(2)17-13-21(11-8-18(20)23)9-3-10-22(17)12-15-4-6-16(19)7-5-15/h4-7,14,17H,3,8-13H2,1-2H3,(H2,20,23)/t17-/m1/s1. The van der Waals surface area contributed by atoms with Gasteiger partial charge in [-0.15, -0.1) is 0 Å². The van der Waals surface area contributed by atoms with Crippen molar-refractivity contribution in [2.75, 3.05) is 26.2 Å². The van der Waals surface area contributed by atoms with Crippen LogP contribution in [0.5, 0.6) is 0 Å². The first kappa shape index (κ1) is 17.9. The fraction of sp³-hybridized carbons (Fsp3) is 0.611. The number of rotatable bonds is 6. The zero-order valence-electron chi connectivity index (χ0n) is 14.2. The van der Waals surface area contributed by atoms with E-state index in [9.17, 15) is 9.18 Å². The van der Waals surface area contributed by atoms with Crippen molar-refractivity contribution in [2.24, 2.45) is 11.7 Å². The lowest BCUT2D eigenvalue weighted by Gasteiger charge is -2.34. The van der Waals surface area contributed by atoms with Crippen LogP contribution in [0.25, 0.3) is 0 Å². The van der Waals surface area contributed by atoms with Crippen molar-refractivity contribution in [2.45, 2.75) is 39.3 Å². The molecule has 1 fully saturated rings. The Kier molecular flexibility index (Phi) is 6.54. The second-order valence-corrected chi connectivity index (χ2v) is 6.78. The molecule has 0 aromatic heterocycles. The van der Waals surface area contributed by atoms with Crippen molar-refractivity contribution in [3.05, 3.63) is 35.6 Å². The molecule has 1 heterocycles. The Bertz CT molecular complexity index is 503. The summed E-state index contributed by atoms with van der Waals surface area (Å²) in [4.78, 5) is 15.9. The van der Waals surface area contributed by atoms with Gasteiger partial charge >= 0.3 is 0 Å². The molecule has 0 aliphatic carbocycles. The van der Waals surface area contributed by atoms with Crippen LogP contribution < -0.4 is 5.73 Å². The monoisotopic (exact) mass is 321 g/mol. The lowest BCUT2D eigenvalue weighted by Crippen LogP contribution is -2.44. The van der Waals surface area contributed by atoms with Crippen LogP contribution in [0.3, 0.4) is 0 Å². The minimum Gasteiger partial charge on any atom is -0.370 e. The smallest absolute Gasteiger partial charge is 0.218 e. The number of benzene rings is 1. The highest BCUT2D eigenvalue weighted by atomic mass is 19.1. The quantitative estimate of drug-likeness (QED) is 0.874. The average molecular weight is 321 g/mol. The summed E-state index contributed by atoms with van der Waals surface area (Å²) in [5.41, 5.74) is 6.42. The molecule has 1 saturated heterocycles. The van der Waals surface area contributed by atoms with Gasteiger partial charge in [-0.3, -0.25) is 9.69 Å². The van der Waals surface area contributed by atoms with Gasteiger partial charge in [0.05, 0.1) is 0 Å². The third-order valence-electron chi connectivity index (χ3n) is 4.58. The largest absolute Gasteiger partial charge is 0.370 e. The molecule has 128 valence electrons. The maximum atomic E-state index is 13.1. The van der Waals surface area contributed by atoms with Crippen LogP contribution in [0.1, 0.15) is 32.3 Å². The number of carbonyl (C=O) groups excluding carboxylic acids is 1. The van der Waals surface area contributed by atoms with Crippen molar-refractivity contribution in [1.82, 2.24) is 9.80 Å². The van der Waals surface area contributed by atoms with Gasteiger partial charge in [0.25, 0.3) is 0 Å². The minimum absolute atomic E-state index is 0.192. The summed E-state index contributed by atoms with van der Waals surface area (Å²) in [5.74, 6) is 0.0887. The number of halogens is 1. The van der Waals surface area contributed by atoms with Crippen LogP contribution in [0, 0.1) is 11.7 Å². The molecule has 5 heteroatoms.